The lowest BCUT2D eigenvalue weighted by Crippen LogP contribution is -2.49. The highest BCUT2D eigenvalue weighted by Crippen LogP contribution is 2.18. The number of hydrogen-bond acceptors (Lipinski definition) is 6. The van der Waals surface area contributed by atoms with Crippen LogP contribution in [0.25, 0.3) is 0 Å². The molecule has 0 spiro atoms. The van der Waals surface area contributed by atoms with E-state index in [1.807, 2.05) is 31.2 Å². The second-order valence-electron chi connectivity index (χ2n) is 7.81. The molecule has 0 radical (unpaired) electrons. The molecule has 4 rings (SSSR count). The maximum absolute atomic E-state index is 12.7. The van der Waals surface area contributed by atoms with E-state index in [-0.39, 0.29) is 17.5 Å². The maximum atomic E-state index is 12.7. The van der Waals surface area contributed by atoms with E-state index in [9.17, 15) is 19.7 Å². The Morgan fingerprint density at radius 3 is 2.12 bits per heavy atom. The van der Waals surface area contributed by atoms with Gasteiger partial charge in [0.15, 0.2) is 0 Å². The molecule has 1 fully saturated rings. The van der Waals surface area contributed by atoms with Crippen molar-refractivity contribution in [1.29, 1.82) is 0 Å². The lowest BCUT2D eigenvalue weighted by Gasteiger charge is -2.35. The molecular weight excluding hydrogens is 422 g/mol. The molecule has 1 aliphatic rings. The number of hydrogen-bond donors (Lipinski definition) is 1. The number of anilines is 2. The van der Waals surface area contributed by atoms with E-state index < -0.39 is 4.92 Å². The molecule has 0 aliphatic carbocycles. The van der Waals surface area contributed by atoms with Crippen LogP contribution in [0.2, 0.25) is 0 Å². The molecule has 1 N–H and O–H groups in total. The number of rotatable bonds is 5. The summed E-state index contributed by atoms with van der Waals surface area (Å²) in [7, 11) is 0. The average Bonchev–Trinajstić information content (AvgIpc) is 2.85. The SMILES string of the molecule is Cc1ccc(NC(=O)c2ccc(N3CCN(C(=O)c4ccc([N+](=O)[O-])cc4)CC3)nc2)cc1. The number of piperazine rings is 1. The average molecular weight is 445 g/mol. The molecule has 2 heterocycles. The molecule has 1 aromatic heterocycles. The van der Waals surface area contributed by atoms with Crippen LogP contribution in [0.5, 0.6) is 0 Å². The smallest absolute Gasteiger partial charge is 0.269 e. The monoisotopic (exact) mass is 445 g/mol. The normalized spacial score (nSPS) is 13.5. The summed E-state index contributed by atoms with van der Waals surface area (Å²) in [5, 5.41) is 13.6. The first-order valence-corrected chi connectivity index (χ1v) is 10.5. The van der Waals surface area contributed by atoms with Crippen LogP contribution in [0.3, 0.4) is 0 Å². The van der Waals surface area contributed by atoms with Crippen molar-refractivity contribution in [3.05, 3.63) is 93.7 Å². The Hall–Kier alpha value is -4.27. The fourth-order valence-corrected chi connectivity index (χ4v) is 3.59. The number of nitro benzene ring substituents is 1. The zero-order chi connectivity index (χ0) is 23.4. The number of carbonyl (C=O) groups excluding carboxylic acids is 2. The van der Waals surface area contributed by atoms with E-state index in [0.29, 0.717) is 37.3 Å². The number of non-ortho nitro benzene ring substituents is 1. The predicted octanol–water partition coefficient (Wildman–Crippen LogP) is 3.51. The Balaban J connectivity index is 1.33. The van der Waals surface area contributed by atoms with Gasteiger partial charge in [0, 0.05) is 55.8 Å². The summed E-state index contributed by atoms with van der Waals surface area (Å²) in [4.78, 5) is 43.6. The minimum absolute atomic E-state index is 0.0431. The summed E-state index contributed by atoms with van der Waals surface area (Å²) < 4.78 is 0. The van der Waals surface area contributed by atoms with Gasteiger partial charge in [0.05, 0.1) is 10.5 Å². The molecule has 0 atom stereocenters. The van der Waals surface area contributed by atoms with Crippen LogP contribution >= 0.6 is 0 Å². The van der Waals surface area contributed by atoms with Crippen LogP contribution in [-0.4, -0.2) is 52.8 Å². The Bertz CT molecular complexity index is 1150. The van der Waals surface area contributed by atoms with Crippen molar-refractivity contribution < 1.29 is 14.5 Å². The van der Waals surface area contributed by atoms with E-state index in [1.54, 1.807) is 23.2 Å². The Morgan fingerprint density at radius 1 is 0.909 bits per heavy atom. The molecule has 9 heteroatoms. The minimum Gasteiger partial charge on any atom is -0.353 e. The summed E-state index contributed by atoms with van der Waals surface area (Å²) >= 11 is 0. The molecule has 0 unspecified atom stereocenters. The zero-order valence-electron chi connectivity index (χ0n) is 18.1. The second kappa shape index (κ2) is 9.47. The van der Waals surface area contributed by atoms with Gasteiger partial charge in [-0.3, -0.25) is 19.7 Å². The minimum atomic E-state index is -0.489. The van der Waals surface area contributed by atoms with Gasteiger partial charge in [0.25, 0.3) is 17.5 Å². The number of nitrogens with zero attached hydrogens (tertiary/aromatic N) is 4. The van der Waals surface area contributed by atoms with Crippen molar-refractivity contribution in [2.45, 2.75) is 6.92 Å². The number of nitro groups is 1. The summed E-state index contributed by atoms with van der Waals surface area (Å²) in [6, 6.07) is 16.8. The van der Waals surface area contributed by atoms with Gasteiger partial charge in [-0.2, -0.15) is 0 Å². The van der Waals surface area contributed by atoms with E-state index in [2.05, 4.69) is 15.2 Å². The molecule has 0 bridgehead atoms. The highest BCUT2D eigenvalue weighted by Gasteiger charge is 2.23. The fourth-order valence-electron chi connectivity index (χ4n) is 3.59. The van der Waals surface area contributed by atoms with Gasteiger partial charge in [-0.05, 0) is 43.3 Å². The number of carbonyl (C=O) groups is 2. The topological polar surface area (TPSA) is 109 Å². The molecule has 1 aliphatic heterocycles. The first-order chi connectivity index (χ1) is 15.9. The molecule has 1 saturated heterocycles. The standard InChI is InChI=1S/C24H23N5O4/c1-17-2-7-20(8-3-17)26-23(30)19-6-11-22(25-16-19)27-12-14-28(15-13-27)24(31)18-4-9-21(10-5-18)29(32)33/h2-11,16H,12-15H2,1H3,(H,26,30). The van der Waals surface area contributed by atoms with E-state index in [4.69, 9.17) is 0 Å². The van der Waals surface area contributed by atoms with Gasteiger partial charge in [0.2, 0.25) is 0 Å². The largest absolute Gasteiger partial charge is 0.353 e. The highest BCUT2D eigenvalue weighted by atomic mass is 16.6. The first-order valence-electron chi connectivity index (χ1n) is 10.5. The summed E-state index contributed by atoms with van der Waals surface area (Å²) in [5.74, 6) is 0.362. The fraction of sp³-hybridized carbons (Fsp3) is 0.208. The summed E-state index contributed by atoms with van der Waals surface area (Å²) in [5.41, 5.74) is 2.69. The van der Waals surface area contributed by atoms with Crippen LogP contribution in [0, 0.1) is 17.0 Å². The lowest BCUT2D eigenvalue weighted by atomic mass is 10.1. The van der Waals surface area contributed by atoms with Crippen molar-refractivity contribution in [2.24, 2.45) is 0 Å². The van der Waals surface area contributed by atoms with Gasteiger partial charge in [-0.25, -0.2) is 4.98 Å². The third-order valence-electron chi connectivity index (χ3n) is 5.54. The third kappa shape index (κ3) is 5.15. The molecular formula is C24H23N5O4. The predicted molar refractivity (Wildman–Crippen MR) is 125 cm³/mol. The Labute approximate surface area is 190 Å². The van der Waals surface area contributed by atoms with Crippen LogP contribution in [0.1, 0.15) is 26.3 Å². The molecule has 2 amide bonds. The molecule has 0 saturated carbocycles. The summed E-state index contributed by atoms with van der Waals surface area (Å²) in [6.07, 6.45) is 1.55. The van der Waals surface area contributed by atoms with E-state index in [0.717, 1.165) is 17.1 Å². The quantitative estimate of drug-likeness (QED) is 0.476. The number of nitrogens with one attached hydrogen (secondary N) is 1. The molecule has 168 valence electrons. The van der Waals surface area contributed by atoms with Crippen molar-refractivity contribution in [3.8, 4) is 0 Å². The van der Waals surface area contributed by atoms with E-state index in [1.165, 1.54) is 24.3 Å². The van der Waals surface area contributed by atoms with E-state index >= 15 is 0 Å². The number of amides is 2. The number of benzene rings is 2. The van der Waals surface area contributed by atoms with Gasteiger partial charge in [-0.15, -0.1) is 0 Å². The molecule has 9 nitrogen and oxygen atoms in total. The first kappa shape index (κ1) is 21.9. The van der Waals surface area contributed by atoms with Crippen LogP contribution in [0.4, 0.5) is 17.2 Å². The van der Waals surface area contributed by atoms with Crippen molar-refractivity contribution in [2.75, 3.05) is 36.4 Å². The zero-order valence-corrected chi connectivity index (χ0v) is 18.1. The maximum Gasteiger partial charge on any atom is 0.269 e. The molecule has 3 aromatic rings. The molecule has 2 aromatic carbocycles. The van der Waals surface area contributed by atoms with Crippen molar-refractivity contribution in [1.82, 2.24) is 9.88 Å². The lowest BCUT2D eigenvalue weighted by molar-refractivity contribution is -0.384. The third-order valence-corrected chi connectivity index (χ3v) is 5.54. The number of aromatic nitrogens is 1. The van der Waals surface area contributed by atoms with Crippen molar-refractivity contribution >= 4 is 29.0 Å². The van der Waals surface area contributed by atoms with Crippen molar-refractivity contribution in [3.63, 3.8) is 0 Å². The van der Waals surface area contributed by atoms with Gasteiger partial charge >= 0.3 is 0 Å². The Morgan fingerprint density at radius 2 is 1.55 bits per heavy atom. The van der Waals surface area contributed by atoms with Gasteiger partial charge in [-0.1, -0.05) is 17.7 Å². The van der Waals surface area contributed by atoms with Crippen LogP contribution < -0.4 is 10.2 Å². The van der Waals surface area contributed by atoms with Crippen LogP contribution in [0.15, 0.2) is 66.9 Å². The van der Waals surface area contributed by atoms with Gasteiger partial charge < -0.3 is 15.1 Å². The second-order valence-corrected chi connectivity index (χ2v) is 7.81. The Kier molecular flexibility index (Phi) is 6.30. The number of pyridine rings is 1. The van der Waals surface area contributed by atoms with Crippen LogP contribution in [-0.2, 0) is 0 Å². The highest BCUT2D eigenvalue weighted by molar-refractivity contribution is 6.04. The summed E-state index contributed by atoms with van der Waals surface area (Å²) in [6.45, 7) is 4.20. The van der Waals surface area contributed by atoms with Gasteiger partial charge in [0.1, 0.15) is 5.82 Å². The number of aryl methyl sites for hydroxylation is 1. The molecule has 33 heavy (non-hydrogen) atoms.